The molecule has 1 amide bonds. The van der Waals surface area contributed by atoms with Crippen molar-refractivity contribution < 1.29 is 14.3 Å². The third-order valence-electron chi connectivity index (χ3n) is 3.24. The van der Waals surface area contributed by atoms with Gasteiger partial charge in [-0.3, -0.25) is 9.69 Å². The first kappa shape index (κ1) is 15.3. The molecule has 1 aliphatic heterocycles. The standard InChI is InChI=1S/C17H13FN2O2S/c1-20-16(22)15(10-11-5-4-6-12(21)9-11)23-17(20)19-14-8-3-2-7-13(14)18/h2-10,21H,1H3/b15-10+,19-17?. The number of para-hydroxylation sites is 1. The van der Waals surface area contributed by atoms with Gasteiger partial charge in [0.25, 0.3) is 5.91 Å². The van der Waals surface area contributed by atoms with E-state index in [-0.39, 0.29) is 17.3 Å². The monoisotopic (exact) mass is 328 g/mol. The van der Waals surface area contributed by atoms with Crippen LogP contribution in [0, 0.1) is 5.82 Å². The summed E-state index contributed by atoms with van der Waals surface area (Å²) in [5.41, 5.74) is 0.898. The molecule has 0 unspecified atom stereocenters. The highest BCUT2D eigenvalue weighted by atomic mass is 32.2. The highest BCUT2D eigenvalue weighted by Gasteiger charge is 2.30. The van der Waals surface area contributed by atoms with Crippen LogP contribution in [0.4, 0.5) is 10.1 Å². The average molecular weight is 328 g/mol. The number of carbonyl (C=O) groups excluding carboxylic acids is 1. The van der Waals surface area contributed by atoms with Gasteiger partial charge in [0, 0.05) is 7.05 Å². The molecule has 1 saturated heterocycles. The van der Waals surface area contributed by atoms with Crippen LogP contribution in [0.5, 0.6) is 5.75 Å². The number of amides is 1. The molecule has 1 heterocycles. The van der Waals surface area contributed by atoms with E-state index in [2.05, 4.69) is 4.99 Å². The second kappa shape index (κ2) is 6.26. The second-order valence-electron chi connectivity index (χ2n) is 4.92. The Labute approximate surface area is 137 Å². The minimum Gasteiger partial charge on any atom is -0.508 e. The van der Waals surface area contributed by atoms with Crippen molar-refractivity contribution >= 4 is 34.6 Å². The van der Waals surface area contributed by atoms with E-state index in [1.54, 1.807) is 55.6 Å². The highest BCUT2D eigenvalue weighted by Crippen LogP contribution is 2.33. The van der Waals surface area contributed by atoms with Crippen molar-refractivity contribution in [1.82, 2.24) is 4.90 Å². The van der Waals surface area contributed by atoms with Crippen molar-refractivity contribution in [3.05, 3.63) is 64.8 Å². The zero-order chi connectivity index (χ0) is 16.4. The predicted octanol–water partition coefficient (Wildman–Crippen LogP) is 3.77. The van der Waals surface area contributed by atoms with E-state index in [1.165, 1.54) is 22.7 Å². The molecule has 0 spiro atoms. The van der Waals surface area contributed by atoms with E-state index < -0.39 is 5.82 Å². The molecular weight excluding hydrogens is 315 g/mol. The largest absolute Gasteiger partial charge is 0.508 e. The molecule has 3 rings (SSSR count). The molecule has 0 bridgehead atoms. The number of hydrogen-bond donors (Lipinski definition) is 1. The van der Waals surface area contributed by atoms with Gasteiger partial charge in [0.05, 0.1) is 4.91 Å². The van der Waals surface area contributed by atoms with Gasteiger partial charge in [0.15, 0.2) is 5.17 Å². The number of phenols is 1. The third-order valence-corrected chi connectivity index (χ3v) is 4.30. The topological polar surface area (TPSA) is 52.9 Å². The molecule has 0 atom stereocenters. The molecule has 0 saturated carbocycles. The highest BCUT2D eigenvalue weighted by molar-refractivity contribution is 8.18. The summed E-state index contributed by atoms with van der Waals surface area (Å²) in [6.07, 6.45) is 1.67. The SMILES string of the molecule is CN1C(=O)/C(=C\c2cccc(O)c2)SC1=Nc1ccccc1F. The Morgan fingerprint density at radius 2 is 2.00 bits per heavy atom. The van der Waals surface area contributed by atoms with Crippen molar-refractivity contribution in [1.29, 1.82) is 0 Å². The van der Waals surface area contributed by atoms with Gasteiger partial charge in [-0.25, -0.2) is 9.38 Å². The summed E-state index contributed by atoms with van der Waals surface area (Å²) < 4.78 is 13.7. The summed E-state index contributed by atoms with van der Waals surface area (Å²) >= 11 is 1.17. The molecule has 0 radical (unpaired) electrons. The van der Waals surface area contributed by atoms with Crippen molar-refractivity contribution in [2.75, 3.05) is 7.05 Å². The van der Waals surface area contributed by atoms with E-state index in [1.807, 2.05) is 0 Å². The lowest BCUT2D eigenvalue weighted by molar-refractivity contribution is -0.121. The molecule has 1 N–H and O–H groups in total. The molecule has 4 nitrogen and oxygen atoms in total. The van der Waals surface area contributed by atoms with E-state index >= 15 is 0 Å². The molecule has 2 aromatic carbocycles. The lowest BCUT2D eigenvalue weighted by Gasteiger charge is -2.07. The molecule has 116 valence electrons. The fraction of sp³-hybridized carbons (Fsp3) is 0.0588. The summed E-state index contributed by atoms with van der Waals surface area (Å²) in [4.78, 5) is 18.3. The van der Waals surface area contributed by atoms with Crippen LogP contribution in [0.2, 0.25) is 0 Å². The summed E-state index contributed by atoms with van der Waals surface area (Å²) in [6.45, 7) is 0. The first-order chi connectivity index (χ1) is 11.0. The van der Waals surface area contributed by atoms with Gasteiger partial charge in [0.2, 0.25) is 0 Å². The molecule has 6 heteroatoms. The number of thioether (sulfide) groups is 1. The average Bonchev–Trinajstić information content (AvgIpc) is 2.78. The van der Waals surface area contributed by atoms with Crippen molar-refractivity contribution in [3.8, 4) is 5.75 Å². The zero-order valence-corrected chi connectivity index (χ0v) is 13.0. The number of phenolic OH excluding ortho intramolecular Hbond substituents is 1. The number of likely N-dealkylation sites (N-methyl/N-ethyl adjacent to an activating group) is 1. The van der Waals surface area contributed by atoms with Gasteiger partial charge in [-0.05, 0) is 47.7 Å². The number of nitrogens with zero attached hydrogens (tertiary/aromatic N) is 2. The van der Waals surface area contributed by atoms with Crippen LogP contribution in [0.3, 0.4) is 0 Å². The number of amidine groups is 1. The summed E-state index contributed by atoms with van der Waals surface area (Å²) in [6, 6.07) is 12.8. The Hall–Kier alpha value is -2.60. The van der Waals surface area contributed by atoms with Crippen LogP contribution in [0.1, 0.15) is 5.56 Å². The molecular formula is C17H13FN2O2S. The Kier molecular flexibility index (Phi) is 4.16. The molecule has 0 aromatic heterocycles. The van der Waals surface area contributed by atoms with E-state index in [0.29, 0.717) is 15.6 Å². The molecule has 1 aliphatic rings. The van der Waals surface area contributed by atoms with Crippen LogP contribution in [0.25, 0.3) is 6.08 Å². The van der Waals surface area contributed by atoms with Gasteiger partial charge >= 0.3 is 0 Å². The van der Waals surface area contributed by atoms with E-state index in [0.717, 1.165) is 0 Å². The summed E-state index contributed by atoms with van der Waals surface area (Å²) in [7, 11) is 1.60. The first-order valence-electron chi connectivity index (χ1n) is 6.84. The second-order valence-corrected chi connectivity index (χ2v) is 5.92. The van der Waals surface area contributed by atoms with Crippen molar-refractivity contribution in [2.24, 2.45) is 4.99 Å². The molecule has 0 aliphatic carbocycles. The first-order valence-corrected chi connectivity index (χ1v) is 7.66. The smallest absolute Gasteiger partial charge is 0.266 e. The summed E-state index contributed by atoms with van der Waals surface area (Å²) in [5, 5.41) is 9.89. The number of aromatic hydroxyl groups is 1. The summed E-state index contributed by atoms with van der Waals surface area (Å²) in [5.74, 6) is -0.524. The lowest BCUT2D eigenvalue weighted by Crippen LogP contribution is -2.23. The van der Waals surface area contributed by atoms with Crippen LogP contribution >= 0.6 is 11.8 Å². The van der Waals surface area contributed by atoms with Crippen molar-refractivity contribution in [3.63, 3.8) is 0 Å². The van der Waals surface area contributed by atoms with Gasteiger partial charge < -0.3 is 5.11 Å². The van der Waals surface area contributed by atoms with Crippen LogP contribution in [0.15, 0.2) is 58.4 Å². The van der Waals surface area contributed by atoms with E-state index in [9.17, 15) is 14.3 Å². The number of hydrogen-bond acceptors (Lipinski definition) is 4. The van der Waals surface area contributed by atoms with E-state index in [4.69, 9.17) is 0 Å². The maximum Gasteiger partial charge on any atom is 0.266 e. The van der Waals surface area contributed by atoms with Crippen LogP contribution in [-0.4, -0.2) is 28.1 Å². The van der Waals surface area contributed by atoms with Crippen LogP contribution < -0.4 is 0 Å². The van der Waals surface area contributed by atoms with Gasteiger partial charge in [-0.1, -0.05) is 24.3 Å². The maximum atomic E-state index is 13.7. The van der Waals surface area contributed by atoms with Gasteiger partial charge in [-0.15, -0.1) is 0 Å². The third kappa shape index (κ3) is 3.27. The maximum absolute atomic E-state index is 13.7. The fourth-order valence-corrected chi connectivity index (χ4v) is 3.04. The quantitative estimate of drug-likeness (QED) is 0.854. The predicted molar refractivity (Wildman–Crippen MR) is 89.9 cm³/mol. The Morgan fingerprint density at radius 3 is 2.74 bits per heavy atom. The normalized spacial score (nSPS) is 18.2. The molecule has 2 aromatic rings. The van der Waals surface area contributed by atoms with Crippen LogP contribution in [-0.2, 0) is 4.79 Å². The Morgan fingerprint density at radius 1 is 1.22 bits per heavy atom. The number of rotatable bonds is 2. The minimum absolute atomic E-state index is 0.128. The van der Waals surface area contributed by atoms with Gasteiger partial charge in [0.1, 0.15) is 17.3 Å². The number of aliphatic imine (C=N–C) groups is 1. The van der Waals surface area contributed by atoms with Gasteiger partial charge in [-0.2, -0.15) is 0 Å². The van der Waals surface area contributed by atoms with Crippen molar-refractivity contribution in [2.45, 2.75) is 0 Å². The number of halogens is 1. The Balaban J connectivity index is 1.93. The Bertz CT molecular complexity index is 833. The zero-order valence-electron chi connectivity index (χ0n) is 12.2. The number of benzene rings is 2. The fourth-order valence-electron chi connectivity index (χ4n) is 2.06. The lowest BCUT2D eigenvalue weighted by atomic mass is 10.2. The molecule has 1 fully saturated rings. The minimum atomic E-state index is -0.438. The number of carbonyl (C=O) groups is 1. The molecule has 23 heavy (non-hydrogen) atoms.